The Morgan fingerprint density at radius 3 is 1.92 bits per heavy atom. The van der Waals surface area contributed by atoms with Crippen molar-refractivity contribution in [3.63, 3.8) is 0 Å². The molecule has 1 amide bonds. The van der Waals surface area contributed by atoms with Crippen LogP contribution in [0.15, 0.2) is 73.1 Å². The molecule has 2 aromatic heterocycles. The normalized spacial score (nSPS) is 13.3. The molecule has 2 heterocycles. The smallest absolute Gasteiger partial charge is 0.408 e. The highest BCUT2D eigenvalue weighted by Gasteiger charge is 2.19. The highest BCUT2D eigenvalue weighted by Crippen LogP contribution is 2.30. The zero-order valence-electron chi connectivity index (χ0n) is 22.9. The van der Waals surface area contributed by atoms with E-state index in [0.717, 1.165) is 50.2 Å². The molecule has 200 valence electrons. The standard InChI is InChI=1S/C31H34N6O2/c1-18(32)28-33-17-27(36-28)25-13-12-23-14-22(10-11-24(23)15-25)20-6-8-21(9-7-20)26-16-34-29(37-26)19(2)35-30(38)39-31(3,4)5/h6-19H,32H2,1-5H3,(H,33,36)(H,34,37)(H,35,38). The van der Waals surface area contributed by atoms with Gasteiger partial charge in [0.15, 0.2) is 0 Å². The highest BCUT2D eigenvalue weighted by molar-refractivity contribution is 5.90. The van der Waals surface area contributed by atoms with Crippen LogP contribution in [0, 0.1) is 0 Å². The number of benzene rings is 3. The molecule has 8 heteroatoms. The summed E-state index contributed by atoms with van der Waals surface area (Å²) in [4.78, 5) is 27.5. The molecule has 0 spiro atoms. The lowest BCUT2D eigenvalue weighted by Gasteiger charge is -2.21. The SMILES string of the molecule is CC(N)c1ncc(-c2ccc3cc(-c4ccc(-c5cnc(C(C)NC(=O)OC(C)(C)C)[nH]5)cc4)ccc3c2)[nH]1. The van der Waals surface area contributed by atoms with Gasteiger partial charge in [0.05, 0.1) is 35.9 Å². The Hall–Kier alpha value is -4.43. The van der Waals surface area contributed by atoms with Gasteiger partial charge < -0.3 is 25.8 Å². The molecular weight excluding hydrogens is 488 g/mol. The lowest BCUT2D eigenvalue weighted by Crippen LogP contribution is -2.34. The minimum atomic E-state index is -0.554. The van der Waals surface area contributed by atoms with Crippen LogP contribution in [0.5, 0.6) is 0 Å². The number of hydrogen-bond donors (Lipinski definition) is 4. The zero-order valence-corrected chi connectivity index (χ0v) is 22.9. The average molecular weight is 523 g/mol. The number of carbonyl (C=O) groups is 1. The first kappa shape index (κ1) is 26.2. The zero-order chi connectivity index (χ0) is 27.7. The first-order valence-electron chi connectivity index (χ1n) is 13.1. The van der Waals surface area contributed by atoms with E-state index in [-0.39, 0.29) is 12.1 Å². The Morgan fingerprint density at radius 2 is 1.31 bits per heavy atom. The summed E-state index contributed by atoms with van der Waals surface area (Å²) in [5.41, 5.74) is 11.6. The van der Waals surface area contributed by atoms with E-state index in [9.17, 15) is 4.79 Å². The van der Waals surface area contributed by atoms with E-state index in [1.165, 1.54) is 0 Å². The highest BCUT2D eigenvalue weighted by atomic mass is 16.6. The molecule has 3 aromatic carbocycles. The molecule has 0 radical (unpaired) electrons. The molecular formula is C31H34N6O2. The maximum absolute atomic E-state index is 12.1. The number of amides is 1. The first-order valence-corrected chi connectivity index (χ1v) is 13.1. The molecule has 2 atom stereocenters. The summed E-state index contributed by atoms with van der Waals surface area (Å²) in [5.74, 6) is 1.44. The van der Waals surface area contributed by atoms with Crippen LogP contribution in [0.2, 0.25) is 0 Å². The number of aromatic nitrogens is 4. The number of ether oxygens (including phenoxy) is 1. The maximum Gasteiger partial charge on any atom is 0.408 e. The second-order valence-corrected chi connectivity index (χ2v) is 10.9. The van der Waals surface area contributed by atoms with Crippen molar-refractivity contribution in [2.24, 2.45) is 5.73 Å². The summed E-state index contributed by atoms with van der Waals surface area (Å²) in [5, 5.41) is 5.14. The molecule has 5 aromatic rings. The van der Waals surface area contributed by atoms with Crippen LogP contribution in [-0.2, 0) is 4.74 Å². The third-order valence-electron chi connectivity index (χ3n) is 6.45. The number of alkyl carbamates (subject to hydrolysis) is 1. The van der Waals surface area contributed by atoms with Crippen molar-refractivity contribution >= 4 is 16.9 Å². The Kier molecular flexibility index (Phi) is 6.97. The average Bonchev–Trinajstić information content (AvgIpc) is 3.58. The number of fused-ring (bicyclic) bond motifs is 1. The summed E-state index contributed by atoms with van der Waals surface area (Å²) in [6.07, 6.45) is 3.14. The molecule has 5 N–H and O–H groups in total. The van der Waals surface area contributed by atoms with Gasteiger partial charge in [0.2, 0.25) is 0 Å². The van der Waals surface area contributed by atoms with E-state index in [1.807, 2.05) is 40.8 Å². The second kappa shape index (κ2) is 10.4. The number of nitrogens with one attached hydrogen (secondary N) is 3. The van der Waals surface area contributed by atoms with Gasteiger partial charge in [-0.05, 0) is 74.2 Å². The predicted octanol–water partition coefficient (Wildman–Crippen LogP) is 6.89. The molecule has 0 bridgehead atoms. The van der Waals surface area contributed by atoms with Crippen molar-refractivity contribution in [1.29, 1.82) is 0 Å². The molecule has 0 aliphatic heterocycles. The van der Waals surface area contributed by atoms with Crippen molar-refractivity contribution < 1.29 is 9.53 Å². The Bertz CT molecular complexity index is 1610. The molecule has 2 unspecified atom stereocenters. The minimum Gasteiger partial charge on any atom is -0.444 e. The first-order chi connectivity index (χ1) is 18.6. The third kappa shape index (κ3) is 6.02. The topological polar surface area (TPSA) is 122 Å². The van der Waals surface area contributed by atoms with E-state index in [0.29, 0.717) is 5.82 Å². The fourth-order valence-corrected chi connectivity index (χ4v) is 4.41. The van der Waals surface area contributed by atoms with Crippen molar-refractivity contribution in [2.75, 3.05) is 0 Å². The van der Waals surface area contributed by atoms with Crippen LogP contribution in [0.25, 0.3) is 44.4 Å². The van der Waals surface area contributed by atoms with Gasteiger partial charge in [-0.1, -0.05) is 48.5 Å². The number of carbonyl (C=O) groups excluding carboxylic acids is 1. The molecule has 0 saturated heterocycles. The van der Waals surface area contributed by atoms with E-state index >= 15 is 0 Å². The van der Waals surface area contributed by atoms with Crippen LogP contribution in [0.1, 0.15) is 58.4 Å². The summed E-state index contributed by atoms with van der Waals surface area (Å²) in [6, 6.07) is 20.8. The number of aromatic amines is 2. The van der Waals surface area contributed by atoms with E-state index in [1.54, 1.807) is 6.20 Å². The number of hydrogen-bond acceptors (Lipinski definition) is 5. The van der Waals surface area contributed by atoms with Gasteiger partial charge >= 0.3 is 6.09 Å². The van der Waals surface area contributed by atoms with Crippen molar-refractivity contribution in [3.05, 3.63) is 84.7 Å². The molecule has 0 aliphatic rings. The molecule has 5 rings (SSSR count). The summed E-state index contributed by atoms with van der Waals surface area (Å²) < 4.78 is 5.34. The lowest BCUT2D eigenvalue weighted by molar-refractivity contribution is 0.0506. The molecule has 39 heavy (non-hydrogen) atoms. The van der Waals surface area contributed by atoms with E-state index < -0.39 is 11.7 Å². The van der Waals surface area contributed by atoms with E-state index in [2.05, 4.69) is 85.9 Å². The van der Waals surface area contributed by atoms with Gasteiger partial charge in [-0.2, -0.15) is 0 Å². The Balaban J connectivity index is 1.30. The van der Waals surface area contributed by atoms with Crippen molar-refractivity contribution in [2.45, 2.75) is 52.3 Å². The molecule has 0 saturated carbocycles. The summed E-state index contributed by atoms with van der Waals surface area (Å²) >= 11 is 0. The predicted molar refractivity (Wildman–Crippen MR) is 155 cm³/mol. The monoisotopic (exact) mass is 522 g/mol. The minimum absolute atomic E-state index is 0.131. The molecule has 8 nitrogen and oxygen atoms in total. The van der Waals surface area contributed by atoms with Gasteiger partial charge in [0, 0.05) is 5.56 Å². The van der Waals surface area contributed by atoms with Crippen LogP contribution >= 0.6 is 0 Å². The summed E-state index contributed by atoms with van der Waals surface area (Å²) in [6.45, 7) is 9.28. The number of nitrogens with two attached hydrogens (primary N) is 1. The van der Waals surface area contributed by atoms with Crippen LogP contribution < -0.4 is 11.1 Å². The largest absolute Gasteiger partial charge is 0.444 e. The van der Waals surface area contributed by atoms with Crippen molar-refractivity contribution in [1.82, 2.24) is 25.3 Å². The van der Waals surface area contributed by atoms with Gasteiger partial charge in [0.25, 0.3) is 0 Å². The third-order valence-corrected chi connectivity index (χ3v) is 6.45. The van der Waals surface area contributed by atoms with Gasteiger partial charge in [-0.25, -0.2) is 14.8 Å². The Morgan fingerprint density at radius 1 is 0.795 bits per heavy atom. The number of imidazole rings is 2. The number of nitrogens with zero attached hydrogens (tertiary/aromatic N) is 2. The second-order valence-electron chi connectivity index (χ2n) is 10.9. The number of H-pyrrole nitrogens is 2. The number of rotatable bonds is 6. The Labute approximate surface area is 228 Å². The fourth-order valence-electron chi connectivity index (χ4n) is 4.41. The van der Waals surface area contributed by atoms with Crippen LogP contribution in [0.3, 0.4) is 0 Å². The molecule has 0 fully saturated rings. The van der Waals surface area contributed by atoms with Gasteiger partial charge in [0.1, 0.15) is 17.2 Å². The maximum atomic E-state index is 12.1. The fraction of sp³-hybridized carbons (Fsp3) is 0.258. The quantitative estimate of drug-likeness (QED) is 0.193. The molecule has 0 aliphatic carbocycles. The van der Waals surface area contributed by atoms with Crippen LogP contribution in [-0.4, -0.2) is 31.6 Å². The van der Waals surface area contributed by atoms with E-state index in [4.69, 9.17) is 10.5 Å². The van der Waals surface area contributed by atoms with Crippen LogP contribution in [0.4, 0.5) is 4.79 Å². The van der Waals surface area contributed by atoms with Gasteiger partial charge in [-0.3, -0.25) is 0 Å². The van der Waals surface area contributed by atoms with Crippen molar-refractivity contribution in [3.8, 4) is 33.6 Å². The van der Waals surface area contributed by atoms with Gasteiger partial charge in [-0.15, -0.1) is 0 Å². The lowest BCUT2D eigenvalue weighted by atomic mass is 9.98. The summed E-state index contributed by atoms with van der Waals surface area (Å²) in [7, 11) is 0.